The smallest absolute Gasteiger partial charge is 0.137 e. The molecule has 152 valence electrons. The molecule has 0 atom stereocenters. The second-order valence-corrected chi connectivity index (χ2v) is 7.51. The fraction of sp³-hybridized carbons (Fsp3) is 0.250. The predicted molar refractivity (Wildman–Crippen MR) is 122 cm³/mol. The molecule has 3 rings (SSSR count). The van der Waals surface area contributed by atoms with Crippen LogP contribution in [0.1, 0.15) is 18.4 Å². The molecule has 0 radical (unpaired) electrons. The van der Waals surface area contributed by atoms with Crippen molar-refractivity contribution in [3.05, 3.63) is 88.4 Å². The quantitative estimate of drug-likeness (QED) is 0.336. The van der Waals surface area contributed by atoms with Crippen LogP contribution in [0.15, 0.2) is 72.8 Å². The molecule has 0 bridgehead atoms. The van der Waals surface area contributed by atoms with E-state index in [-0.39, 0.29) is 0 Å². The van der Waals surface area contributed by atoms with Gasteiger partial charge in [0.15, 0.2) is 0 Å². The fourth-order valence-corrected chi connectivity index (χ4v) is 3.32. The molecule has 0 saturated heterocycles. The second-order valence-electron chi connectivity index (χ2n) is 6.67. The summed E-state index contributed by atoms with van der Waals surface area (Å²) < 4.78 is 11.6. The van der Waals surface area contributed by atoms with Gasteiger partial charge in [-0.25, -0.2) is 0 Å². The van der Waals surface area contributed by atoms with Crippen LogP contribution in [-0.4, -0.2) is 19.8 Å². The highest BCUT2D eigenvalue weighted by Crippen LogP contribution is 2.27. The molecule has 5 heteroatoms. The highest BCUT2D eigenvalue weighted by Gasteiger charge is 2.02. The van der Waals surface area contributed by atoms with Crippen molar-refractivity contribution in [1.29, 1.82) is 0 Å². The van der Waals surface area contributed by atoms with E-state index in [9.17, 15) is 0 Å². The normalized spacial score (nSPS) is 10.6. The second kappa shape index (κ2) is 11.6. The minimum atomic E-state index is 0.541. The zero-order valence-corrected chi connectivity index (χ0v) is 17.8. The lowest BCUT2D eigenvalue weighted by Gasteiger charge is -2.11. The van der Waals surface area contributed by atoms with Crippen LogP contribution in [0, 0.1) is 0 Å². The molecule has 0 fully saturated rings. The third-order valence-electron chi connectivity index (χ3n) is 4.39. The van der Waals surface area contributed by atoms with Gasteiger partial charge in [0.1, 0.15) is 11.5 Å². The fourth-order valence-electron chi connectivity index (χ4n) is 2.86. The van der Waals surface area contributed by atoms with Gasteiger partial charge in [0, 0.05) is 29.7 Å². The number of halogens is 2. The third kappa shape index (κ3) is 7.52. The Balaban J connectivity index is 1.32. The number of benzene rings is 3. The van der Waals surface area contributed by atoms with Crippen LogP contribution >= 0.6 is 23.2 Å². The number of unbranched alkanes of at least 4 members (excludes halogenated alkanes) is 1. The molecule has 0 aliphatic carbocycles. The molecule has 0 heterocycles. The monoisotopic (exact) mass is 429 g/mol. The maximum absolute atomic E-state index is 6.10. The standard InChI is InChI=1S/C24H25Cl2NO2/c25-20-11-12-24(23(26)17-20)29-15-5-4-14-27-21-9-6-10-22(18-21)28-16-13-19-7-2-1-3-8-19/h1-3,6-12,17-18,27H,4-5,13-16H2. The Kier molecular flexibility index (Phi) is 8.54. The summed E-state index contributed by atoms with van der Waals surface area (Å²) >= 11 is 12.0. The van der Waals surface area contributed by atoms with Crippen molar-refractivity contribution in [2.45, 2.75) is 19.3 Å². The van der Waals surface area contributed by atoms with Crippen molar-refractivity contribution in [3.63, 3.8) is 0 Å². The van der Waals surface area contributed by atoms with E-state index in [0.29, 0.717) is 29.0 Å². The Bertz CT molecular complexity index is 887. The Morgan fingerprint density at radius 2 is 1.62 bits per heavy atom. The topological polar surface area (TPSA) is 30.5 Å². The average Bonchev–Trinajstić information content (AvgIpc) is 2.73. The Labute approximate surface area is 182 Å². The van der Waals surface area contributed by atoms with Gasteiger partial charge in [-0.15, -0.1) is 0 Å². The van der Waals surface area contributed by atoms with Crippen LogP contribution in [0.25, 0.3) is 0 Å². The van der Waals surface area contributed by atoms with Crippen LogP contribution in [0.4, 0.5) is 5.69 Å². The molecule has 1 N–H and O–H groups in total. The number of anilines is 1. The third-order valence-corrected chi connectivity index (χ3v) is 4.92. The minimum Gasteiger partial charge on any atom is -0.493 e. The molecule has 0 spiro atoms. The van der Waals surface area contributed by atoms with Crippen molar-refractivity contribution >= 4 is 28.9 Å². The first kappa shape index (κ1) is 21.4. The molecule has 3 aromatic carbocycles. The summed E-state index contributed by atoms with van der Waals surface area (Å²) in [4.78, 5) is 0. The van der Waals surface area contributed by atoms with Crippen LogP contribution in [0.5, 0.6) is 11.5 Å². The first-order valence-corrected chi connectivity index (χ1v) is 10.5. The molecule has 3 nitrogen and oxygen atoms in total. The summed E-state index contributed by atoms with van der Waals surface area (Å²) in [6.07, 6.45) is 2.82. The maximum Gasteiger partial charge on any atom is 0.137 e. The van der Waals surface area contributed by atoms with Gasteiger partial charge in [0.2, 0.25) is 0 Å². The van der Waals surface area contributed by atoms with E-state index in [2.05, 4.69) is 29.6 Å². The van der Waals surface area contributed by atoms with Crippen molar-refractivity contribution in [3.8, 4) is 11.5 Å². The molecule has 0 aliphatic heterocycles. The first-order valence-electron chi connectivity index (χ1n) is 9.79. The lowest BCUT2D eigenvalue weighted by atomic mass is 10.2. The number of ether oxygens (including phenoxy) is 2. The average molecular weight is 430 g/mol. The number of hydrogen-bond acceptors (Lipinski definition) is 3. The molecule has 0 amide bonds. The van der Waals surface area contributed by atoms with Gasteiger partial charge in [-0.3, -0.25) is 0 Å². The first-order chi connectivity index (χ1) is 14.2. The Morgan fingerprint density at radius 1 is 0.759 bits per heavy atom. The summed E-state index contributed by atoms with van der Waals surface area (Å²) in [5.41, 5.74) is 2.34. The van der Waals surface area contributed by atoms with Gasteiger partial charge in [-0.1, -0.05) is 59.6 Å². The Hall–Kier alpha value is -2.36. The van der Waals surface area contributed by atoms with E-state index in [1.54, 1.807) is 18.2 Å². The summed E-state index contributed by atoms with van der Waals surface area (Å²) in [6, 6.07) is 23.7. The maximum atomic E-state index is 6.10. The van der Waals surface area contributed by atoms with E-state index in [1.165, 1.54) is 5.56 Å². The molecule has 0 saturated carbocycles. The molecule has 0 aromatic heterocycles. The van der Waals surface area contributed by atoms with Crippen molar-refractivity contribution in [2.75, 3.05) is 25.1 Å². The van der Waals surface area contributed by atoms with Crippen LogP contribution in [-0.2, 0) is 6.42 Å². The summed E-state index contributed by atoms with van der Waals surface area (Å²) in [5, 5.41) is 4.58. The van der Waals surface area contributed by atoms with Gasteiger partial charge >= 0.3 is 0 Å². The lowest BCUT2D eigenvalue weighted by molar-refractivity contribution is 0.308. The summed E-state index contributed by atoms with van der Waals surface area (Å²) in [6.45, 7) is 2.15. The van der Waals surface area contributed by atoms with Gasteiger partial charge in [-0.2, -0.15) is 0 Å². The van der Waals surface area contributed by atoms with E-state index in [4.69, 9.17) is 32.7 Å². The van der Waals surface area contributed by atoms with Gasteiger partial charge in [0.05, 0.1) is 18.2 Å². The molecular formula is C24H25Cl2NO2. The number of rotatable bonds is 11. The SMILES string of the molecule is Clc1ccc(OCCCCNc2cccc(OCCc3ccccc3)c2)c(Cl)c1. The number of hydrogen-bond donors (Lipinski definition) is 1. The van der Waals surface area contributed by atoms with Crippen LogP contribution in [0.3, 0.4) is 0 Å². The van der Waals surface area contributed by atoms with E-state index in [1.807, 2.05) is 30.3 Å². The molecule has 3 aromatic rings. The minimum absolute atomic E-state index is 0.541. The largest absolute Gasteiger partial charge is 0.493 e. The van der Waals surface area contributed by atoms with Crippen LogP contribution in [0.2, 0.25) is 10.0 Å². The molecular weight excluding hydrogens is 405 g/mol. The van der Waals surface area contributed by atoms with Crippen molar-refractivity contribution in [1.82, 2.24) is 0 Å². The summed E-state index contributed by atoms with van der Waals surface area (Å²) in [5.74, 6) is 1.55. The predicted octanol–water partition coefficient (Wildman–Crippen LogP) is 6.89. The van der Waals surface area contributed by atoms with Gasteiger partial charge in [0.25, 0.3) is 0 Å². The highest BCUT2D eigenvalue weighted by atomic mass is 35.5. The molecule has 29 heavy (non-hydrogen) atoms. The lowest BCUT2D eigenvalue weighted by Crippen LogP contribution is -2.05. The molecule has 0 aliphatic rings. The van der Waals surface area contributed by atoms with E-state index >= 15 is 0 Å². The zero-order valence-electron chi connectivity index (χ0n) is 16.2. The molecule has 0 unspecified atom stereocenters. The highest BCUT2D eigenvalue weighted by molar-refractivity contribution is 6.35. The van der Waals surface area contributed by atoms with E-state index in [0.717, 1.165) is 37.2 Å². The van der Waals surface area contributed by atoms with Gasteiger partial charge < -0.3 is 14.8 Å². The van der Waals surface area contributed by atoms with Crippen molar-refractivity contribution < 1.29 is 9.47 Å². The number of nitrogens with one attached hydrogen (secondary N) is 1. The zero-order chi connectivity index (χ0) is 20.3. The van der Waals surface area contributed by atoms with E-state index < -0.39 is 0 Å². The van der Waals surface area contributed by atoms with Crippen LogP contribution < -0.4 is 14.8 Å². The van der Waals surface area contributed by atoms with Gasteiger partial charge in [-0.05, 0) is 48.7 Å². The summed E-state index contributed by atoms with van der Waals surface area (Å²) in [7, 11) is 0. The Morgan fingerprint density at radius 3 is 2.45 bits per heavy atom. The van der Waals surface area contributed by atoms with Crippen molar-refractivity contribution in [2.24, 2.45) is 0 Å².